The lowest BCUT2D eigenvalue weighted by Crippen LogP contribution is -2.55. The van der Waals surface area contributed by atoms with Gasteiger partial charge in [-0.25, -0.2) is 14.6 Å². The van der Waals surface area contributed by atoms with E-state index in [1.165, 1.54) is 19.8 Å². The molecule has 3 aliphatic heterocycles. The van der Waals surface area contributed by atoms with Crippen LogP contribution in [-0.4, -0.2) is 93.9 Å². The van der Waals surface area contributed by atoms with Crippen LogP contribution in [0.2, 0.25) is 0 Å². The predicted molar refractivity (Wildman–Crippen MR) is 236 cm³/mol. The highest BCUT2D eigenvalue weighted by Crippen LogP contribution is 2.54. The van der Waals surface area contributed by atoms with Gasteiger partial charge in [-0.05, 0) is 107 Å². The van der Waals surface area contributed by atoms with Crippen LogP contribution in [0.3, 0.4) is 0 Å². The maximum Gasteiger partial charge on any atom is 0.407 e. The van der Waals surface area contributed by atoms with Gasteiger partial charge in [-0.15, -0.1) is 0 Å². The molecule has 5 aromatic rings. The first-order chi connectivity index (χ1) is 29.9. The fourth-order valence-corrected chi connectivity index (χ4v) is 10.3. The molecule has 5 aliphatic rings. The normalized spacial score (nSPS) is 24.0. The molecule has 2 aliphatic carbocycles. The molecule has 1 aromatic heterocycles. The zero-order valence-electron chi connectivity index (χ0n) is 35.8. The van der Waals surface area contributed by atoms with E-state index >= 15 is 0 Å². The summed E-state index contributed by atoms with van der Waals surface area (Å²) >= 11 is 0. The van der Waals surface area contributed by atoms with Crippen LogP contribution in [0.1, 0.15) is 81.9 Å². The Bertz CT molecular complexity index is 2800. The van der Waals surface area contributed by atoms with Crippen LogP contribution in [0, 0.1) is 35.5 Å². The third kappa shape index (κ3) is 6.89. The van der Waals surface area contributed by atoms with E-state index in [2.05, 4.69) is 76.0 Å². The standard InChI is InChI=1S/C49H51N7O6/c1-24(2)42(53-48(59)61-5)46(57)55-38-19-30(38)21-40(55)37-23-34-32-13-9-26(17-28(32)11-15-35(34)50-37)7-8-27-10-14-33-29(18-27)12-16-36-44(33)52-45(51-36)41-22-31-20-39(31)56(41)47(58)43(25(3)4)54-49(60)62-6/h9-18,24-25,30-31,38-43H,19-23H2,1-6H3,(H,51,52)(H,53,59)(H,54,60)/t30-,31-,38-,39-,40+,41+,42+,43+/m1/s1. The Morgan fingerprint density at radius 1 is 0.710 bits per heavy atom. The number of likely N-dealkylation sites (tertiary alicyclic amines) is 2. The maximum absolute atomic E-state index is 14.0. The summed E-state index contributed by atoms with van der Waals surface area (Å²) in [5, 5.41) is 9.78. The molecule has 0 unspecified atom stereocenters. The number of piperidine rings is 2. The summed E-state index contributed by atoms with van der Waals surface area (Å²) < 4.78 is 9.66. The molecule has 8 atom stereocenters. The lowest BCUT2D eigenvalue weighted by molar-refractivity contribution is -0.137. The molecule has 4 fully saturated rings. The van der Waals surface area contributed by atoms with E-state index in [1.54, 1.807) is 0 Å². The number of H-pyrrole nitrogens is 1. The lowest BCUT2D eigenvalue weighted by atomic mass is 9.95. The Labute approximate surface area is 360 Å². The highest BCUT2D eigenvalue weighted by Gasteiger charge is 2.57. The number of hydrogen-bond donors (Lipinski definition) is 3. The van der Waals surface area contributed by atoms with Gasteiger partial charge in [0.25, 0.3) is 0 Å². The Morgan fingerprint density at radius 3 is 1.85 bits per heavy atom. The largest absolute Gasteiger partial charge is 0.453 e. The van der Waals surface area contributed by atoms with E-state index in [4.69, 9.17) is 19.5 Å². The van der Waals surface area contributed by atoms with Gasteiger partial charge < -0.3 is 34.9 Å². The minimum absolute atomic E-state index is 0.0629. The molecule has 13 nitrogen and oxygen atoms in total. The SMILES string of the molecule is COC(=O)N[C@H](C(=O)N1[C@@H]2C[C@@H]2C[C@H]1C1=Nc2ccc3cc(C#Cc4ccc5c(ccc6[nH]c([C@@H]7C[C@H]8C[C@H]8N7C(=O)[C@@H](NC(=O)OC)C(C)C)nc65)c4)ccc3c2C1)C(C)C. The number of fused-ring (bicyclic) bond motifs is 8. The molecular weight excluding hydrogens is 783 g/mol. The number of rotatable bonds is 8. The van der Waals surface area contributed by atoms with E-state index in [1.807, 2.05) is 49.6 Å². The summed E-state index contributed by atoms with van der Waals surface area (Å²) in [5.74, 6) is 8.08. The summed E-state index contributed by atoms with van der Waals surface area (Å²) in [5.41, 5.74) is 6.68. The number of carbonyl (C=O) groups excluding carboxylic acids is 4. The number of amides is 4. The lowest BCUT2D eigenvalue weighted by Gasteiger charge is -2.33. The topological polar surface area (TPSA) is 158 Å². The minimum atomic E-state index is -0.686. The molecule has 62 heavy (non-hydrogen) atoms. The van der Waals surface area contributed by atoms with E-state index in [-0.39, 0.29) is 47.8 Å². The Morgan fingerprint density at radius 2 is 1.26 bits per heavy atom. The number of imidazole rings is 1. The van der Waals surface area contributed by atoms with Crippen LogP contribution in [0.15, 0.2) is 65.7 Å². The van der Waals surface area contributed by atoms with Crippen molar-refractivity contribution in [3.8, 4) is 11.8 Å². The molecule has 4 aromatic carbocycles. The Hall–Kier alpha value is -6.42. The number of aromatic amines is 1. The summed E-state index contributed by atoms with van der Waals surface area (Å²) in [4.78, 5) is 69.8. The highest BCUT2D eigenvalue weighted by atomic mass is 16.5. The third-order valence-corrected chi connectivity index (χ3v) is 13.8. The van der Waals surface area contributed by atoms with Crippen molar-refractivity contribution in [2.24, 2.45) is 28.7 Å². The van der Waals surface area contributed by atoms with Crippen molar-refractivity contribution in [2.45, 2.75) is 96.1 Å². The molecule has 3 N–H and O–H groups in total. The zero-order chi connectivity index (χ0) is 43.1. The van der Waals surface area contributed by atoms with Gasteiger partial charge in [-0.3, -0.25) is 14.6 Å². The molecule has 318 valence electrons. The minimum Gasteiger partial charge on any atom is -0.453 e. The fourth-order valence-electron chi connectivity index (χ4n) is 10.3. The van der Waals surface area contributed by atoms with Crippen LogP contribution in [0.25, 0.3) is 32.6 Å². The first-order valence-electron chi connectivity index (χ1n) is 21.8. The third-order valence-electron chi connectivity index (χ3n) is 13.8. The summed E-state index contributed by atoms with van der Waals surface area (Å²) in [6, 6.07) is 19.5. The van der Waals surface area contributed by atoms with Gasteiger partial charge >= 0.3 is 12.2 Å². The highest BCUT2D eigenvalue weighted by molar-refractivity contribution is 6.06. The second kappa shape index (κ2) is 15.2. The van der Waals surface area contributed by atoms with Gasteiger partial charge in [0.05, 0.1) is 43.0 Å². The number of hydrogen-bond acceptors (Lipinski definition) is 8. The van der Waals surface area contributed by atoms with Gasteiger partial charge in [-0.2, -0.15) is 0 Å². The van der Waals surface area contributed by atoms with Crippen molar-refractivity contribution >= 4 is 68.0 Å². The number of aromatic nitrogens is 2. The van der Waals surface area contributed by atoms with Crippen LogP contribution in [-0.2, 0) is 25.5 Å². The number of nitrogens with one attached hydrogen (secondary N) is 3. The number of ether oxygens (including phenoxy) is 2. The Kier molecular flexibility index (Phi) is 9.72. The molecule has 0 spiro atoms. The molecule has 10 rings (SSSR count). The number of carbonyl (C=O) groups is 4. The van der Waals surface area contributed by atoms with Crippen LogP contribution in [0.4, 0.5) is 15.3 Å². The van der Waals surface area contributed by atoms with Gasteiger partial charge in [0, 0.05) is 40.7 Å². The van der Waals surface area contributed by atoms with Crippen molar-refractivity contribution in [1.82, 2.24) is 30.4 Å². The van der Waals surface area contributed by atoms with Crippen LogP contribution >= 0.6 is 0 Å². The number of aliphatic imine (C=N–C) groups is 1. The number of alkyl carbamates (subject to hydrolysis) is 2. The predicted octanol–water partition coefficient (Wildman–Crippen LogP) is 7.31. The molecule has 4 amide bonds. The molecule has 2 saturated carbocycles. The molecule has 2 saturated heterocycles. The summed E-state index contributed by atoms with van der Waals surface area (Å²) in [6.07, 6.45) is 3.16. The first-order valence-corrected chi connectivity index (χ1v) is 21.8. The summed E-state index contributed by atoms with van der Waals surface area (Å²) in [7, 11) is 2.62. The van der Waals surface area contributed by atoms with Crippen molar-refractivity contribution in [2.75, 3.05) is 14.2 Å². The van der Waals surface area contributed by atoms with Gasteiger partial charge in [0.2, 0.25) is 11.8 Å². The van der Waals surface area contributed by atoms with Crippen LogP contribution < -0.4 is 10.6 Å². The van der Waals surface area contributed by atoms with Gasteiger partial charge in [0.1, 0.15) is 17.9 Å². The molecule has 4 heterocycles. The quantitative estimate of drug-likeness (QED) is 0.138. The Balaban J connectivity index is 0.856. The maximum atomic E-state index is 14.0. The number of nitrogens with zero attached hydrogens (tertiary/aromatic N) is 4. The number of benzene rings is 4. The van der Waals surface area contributed by atoms with E-state index in [0.717, 1.165) is 86.6 Å². The molecule has 0 bridgehead atoms. The van der Waals surface area contributed by atoms with E-state index in [0.29, 0.717) is 18.3 Å². The van der Waals surface area contributed by atoms with Crippen LogP contribution in [0.5, 0.6) is 0 Å². The molecule has 0 radical (unpaired) electrons. The molecular formula is C49H51N7O6. The second-order valence-corrected chi connectivity index (χ2v) is 18.4. The first kappa shape index (κ1) is 39.7. The smallest absolute Gasteiger partial charge is 0.407 e. The van der Waals surface area contributed by atoms with Crippen molar-refractivity contribution < 1.29 is 28.7 Å². The van der Waals surface area contributed by atoms with Gasteiger partial charge in [0.15, 0.2) is 0 Å². The average molecular weight is 834 g/mol. The van der Waals surface area contributed by atoms with E-state index in [9.17, 15) is 19.2 Å². The van der Waals surface area contributed by atoms with Crippen molar-refractivity contribution in [1.29, 1.82) is 0 Å². The van der Waals surface area contributed by atoms with Crippen molar-refractivity contribution in [3.05, 3.63) is 83.2 Å². The number of methoxy groups -OCH3 is 2. The van der Waals surface area contributed by atoms with E-state index < -0.39 is 24.3 Å². The van der Waals surface area contributed by atoms with Crippen molar-refractivity contribution in [3.63, 3.8) is 0 Å². The van der Waals surface area contributed by atoms with Gasteiger partial charge in [-0.1, -0.05) is 63.8 Å². The summed E-state index contributed by atoms with van der Waals surface area (Å²) in [6.45, 7) is 7.73. The monoisotopic (exact) mass is 833 g/mol. The second-order valence-electron chi connectivity index (χ2n) is 18.4. The zero-order valence-corrected chi connectivity index (χ0v) is 35.8. The molecule has 13 heteroatoms. The average Bonchev–Trinajstić information content (AvgIpc) is 3.91. The fraction of sp³-hybridized carbons (Fsp3) is 0.429.